The van der Waals surface area contributed by atoms with E-state index in [-0.39, 0.29) is 18.9 Å². The van der Waals surface area contributed by atoms with Crippen molar-refractivity contribution in [3.63, 3.8) is 0 Å². The van der Waals surface area contributed by atoms with Gasteiger partial charge in [0.1, 0.15) is 0 Å². The van der Waals surface area contributed by atoms with Gasteiger partial charge in [-0.2, -0.15) is 18.3 Å². The minimum absolute atomic E-state index is 0.00278. The molecule has 0 radical (unpaired) electrons. The van der Waals surface area contributed by atoms with E-state index in [1.165, 1.54) is 13.8 Å². The Hall–Kier alpha value is -2.19. The van der Waals surface area contributed by atoms with Crippen LogP contribution in [-0.4, -0.2) is 35.3 Å². The Labute approximate surface area is 118 Å². The van der Waals surface area contributed by atoms with Gasteiger partial charge in [-0.15, -0.1) is 5.10 Å². The molecule has 0 fully saturated rings. The first-order chi connectivity index (χ1) is 9.81. The summed E-state index contributed by atoms with van der Waals surface area (Å²) >= 11 is 0. The first kappa shape index (κ1) is 16.9. The fourth-order valence-corrected chi connectivity index (χ4v) is 1.44. The third kappa shape index (κ3) is 4.40. The largest absolute Gasteiger partial charge is 0.465 e. The van der Waals surface area contributed by atoms with Crippen molar-refractivity contribution >= 4 is 11.9 Å². The van der Waals surface area contributed by atoms with Crippen molar-refractivity contribution in [2.75, 3.05) is 13.2 Å². The highest BCUT2D eigenvalue weighted by molar-refractivity contribution is 6.00. The SMILES string of the molecule is CCOC(=O)C(C(=O)OCC)c1ccc(C(F)(F)F)nn1. The van der Waals surface area contributed by atoms with E-state index in [0.29, 0.717) is 6.07 Å². The normalized spacial score (nSPS) is 11.3. The van der Waals surface area contributed by atoms with Gasteiger partial charge in [-0.25, -0.2) is 0 Å². The fourth-order valence-electron chi connectivity index (χ4n) is 1.44. The maximum Gasteiger partial charge on any atom is 0.435 e. The van der Waals surface area contributed by atoms with Crippen molar-refractivity contribution in [2.45, 2.75) is 25.9 Å². The van der Waals surface area contributed by atoms with Crippen LogP contribution in [0.5, 0.6) is 0 Å². The van der Waals surface area contributed by atoms with Crippen LogP contribution in [0.25, 0.3) is 0 Å². The average Bonchev–Trinajstić information content (AvgIpc) is 2.39. The number of hydrogen-bond acceptors (Lipinski definition) is 6. The van der Waals surface area contributed by atoms with Crippen LogP contribution in [0, 0.1) is 0 Å². The van der Waals surface area contributed by atoms with Gasteiger partial charge >= 0.3 is 18.1 Å². The number of nitrogens with zero attached hydrogens (tertiary/aromatic N) is 2. The molecule has 1 aromatic heterocycles. The van der Waals surface area contributed by atoms with Crippen molar-refractivity contribution in [1.82, 2.24) is 10.2 Å². The van der Waals surface area contributed by atoms with E-state index in [0.717, 1.165) is 6.07 Å². The van der Waals surface area contributed by atoms with Crippen LogP contribution in [0.3, 0.4) is 0 Å². The molecule has 0 saturated heterocycles. The van der Waals surface area contributed by atoms with E-state index in [4.69, 9.17) is 9.47 Å². The Morgan fingerprint density at radius 2 is 1.62 bits per heavy atom. The summed E-state index contributed by atoms with van der Waals surface area (Å²) in [6.07, 6.45) is -4.66. The first-order valence-corrected chi connectivity index (χ1v) is 6.05. The minimum Gasteiger partial charge on any atom is -0.465 e. The number of alkyl halides is 3. The highest BCUT2D eigenvalue weighted by Crippen LogP contribution is 2.27. The lowest BCUT2D eigenvalue weighted by Gasteiger charge is -2.13. The number of ether oxygens (including phenoxy) is 2. The predicted molar refractivity (Wildman–Crippen MR) is 63.0 cm³/mol. The second-order valence-corrected chi connectivity index (χ2v) is 3.78. The Morgan fingerprint density at radius 1 is 1.10 bits per heavy atom. The summed E-state index contributed by atoms with van der Waals surface area (Å²) in [5, 5.41) is 6.25. The van der Waals surface area contributed by atoms with Crippen molar-refractivity contribution in [1.29, 1.82) is 0 Å². The van der Waals surface area contributed by atoms with E-state index >= 15 is 0 Å². The molecule has 0 unspecified atom stereocenters. The zero-order valence-electron chi connectivity index (χ0n) is 11.3. The van der Waals surface area contributed by atoms with Crippen LogP contribution in [0.4, 0.5) is 13.2 Å². The topological polar surface area (TPSA) is 78.4 Å². The third-order valence-electron chi connectivity index (χ3n) is 2.32. The lowest BCUT2D eigenvalue weighted by molar-refractivity contribution is -0.157. The first-order valence-electron chi connectivity index (χ1n) is 6.05. The molecule has 9 heteroatoms. The van der Waals surface area contributed by atoms with Gasteiger partial charge in [-0.05, 0) is 26.0 Å². The Morgan fingerprint density at radius 3 is 1.95 bits per heavy atom. The summed E-state index contributed by atoms with van der Waals surface area (Å²) in [6, 6.07) is 1.53. The van der Waals surface area contributed by atoms with E-state index in [9.17, 15) is 22.8 Å². The van der Waals surface area contributed by atoms with Crippen LogP contribution in [-0.2, 0) is 25.2 Å². The quantitative estimate of drug-likeness (QED) is 0.608. The van der Waals surface area contributed by atoms with Crippen LogP contribution in [0.2, 0.25) is 0 Å². The molecule has 0 N–H and O–H groups in total. The number of aromatic nitrogens is 2. The molecular weight excluding hydrogens is 293 g/mol. The van der Waals surface area contributed by atoms with Crippen molar-refractivity contribution in [2.24, 2.45) is 0 Å². The molecule has 0 aliphatic carbocycles. The predicted octanol–water partition coefficient (Wildman–Crippen LogP) is 1.71. The van der Waals surface area contributed by atoms with Crippen LogP contribution in [0.1, 0.15) is 31.2 Å². The molecule has 116 valence electrons. The molecule has 6 nitrogen and oxygen atoms in total. The van der Waals surface area contributed by atoms with Gasteiger partial charge in [-0.1, -0.05) is 0 Å². The smallest absolute Gasteiger partial charge is 0.435 e. The Bertz CT molecular complexity index is 484. The molecule has 1 rings (SSSR count). The zero-order chi connectivity index (χ0) is 16.0. The molecular formula is C12H13F3N2O4. The monoisotopic (exact) mass is 306 g/mol. The van der Waals surface area contributed by atoms with Crippen LogP contribution >= 0.6 is 0 Å². The molecule has 0 aliphatic heterocycles. The maximum atomic E-state index is 12.4. The standard InChI is InChI=1S/C12H13F3N2O4/c1-3-20-10(18)9(11(19)21-4-2)7-5-6-8(17-16-7)12(13,14)15/h5-6,9H,3-4H2,1-2H3. The molecule has 1 aromatic rings. The van der Waals surface area contributed by atoms with E-state index in [1.807, 2.05) is 0 Å². The van der Waals surface area contributed by atoms with Crippen molar-refractivity contribution < 1.29 is 32.2 Å². The lowest BCUT2D eigenvalue weighted by atomic mass is 10.1. The van der Waals surface area contributed by atoms with Gasteiger partial charge in [0.05, 0.1) is 18.9 Å². The highest BCUT2D eigenvalue weighted by atomic mass is 19.4. The van der Waals surface area contributed by atoms with E-state index in [2.05, 4.69) is 10.2 Å². The second-order valence-electron chi connectivity index (χ2n) is 3.78. The molecule has 0 atom stereocenters. The Balaban J connectivity index is 3.08. The number of halogens is 3. The van der Waals surface area contributed by atoms with Gasteiger partial charge in [0.25, 0.3) is 0 Å². The molecule has 1 heterocycles. The van der Waals surface area contributed by atoms with Crippen LogP contribution in [0.15, 0.2) is 12.1 Å². The lowest BCUT2D eigenvalue weighted by Crippen LogP contribution is -2.27. The average molecular weight is 306 g/mol. The summed E-state index contributed by atoms with van der Waals surface area (Å²) in [5.41, 5.74) is -1.49. The van der Waals surface area contributed by atoms with Crippen molar-refractivity contribution in [3.8, 4) is 0 Å². The van der Waals surface area contributed by atoms with E-state index in [1.54, 1.807) is 0 Å². The molecule has 0 bridgehead atoms. The van der Waals surface area contributed by atoms with Gasteiger partial charge in [0.2, 0.25) is 0 Å². The summed E-state index contributed by atoms with van der Waals surface area (Å²) in [5.74, 6) is -3.46. The molecule has 0 saturated carbocycles. The molecule has 0 aromatic carbocycles. The minimum atomic E-state index is -4.66. The van der Waals surface area contributed by atoms with Gasteiger partial charge < -0.3 is 9.47 Å². The number of esters is 2. The van der Waals surface area contributed by atoms with Crippen LogP contribution < -0.4 is 0 Å². The summed E-state index contributed by atoms with van der Waals surface area (Å²) in [7, 11) is 0. The second kappa shape index (κ2) is 7.00. The molecule has 0 spiro atoms. The van der Waals surface area contributed by atoms with E-state index < -0.39 is 29.7 Å². The third-order valence-corrected chi connectivity index (χ3v) is 2.32. The summed E-state index contributed by atoms with van der Waals surface area (Å²) < 4.78 is 46.6. The summed E-state index contributed by atoms with van der Waals surface area (Å²) in [6.45, 7) is 3.06. The van der Waals surface area contributed by atoms with Crippen molar-refractivity contribution in [3.05, 3.63) is 23.5 Å². The molecule has 0 amide bonds. The van der Waals surface area contributed by atoms with Gasteiger partial charge in [0, 0.05) is 0 Å². The number of carbonyl (C=O) groups excluding carboxylic acids is 2. The fraction of sp³-hybridized carbons (Fsp3) is 0.500. The number of hydrogen-bond donors (Lipinski definition) is 0. The number of rotatable bonds is 5. The summed E-state index contributed by atoms with van der Waals surface area (Å²) in [4.78, 5) is 23.5. The van der Waals surface area contributed by atoms with Gasteiger partial charge in [-0.3, -0.25) is 9.59 Å². The molecule has 0 aliphatic rings. The number of carbonyl (C=O) groups is 2. The maximum absolute atomic E-state index is 12.4. The zero-order valence-corrected chi connectivity index (χ0v) is 11.3. The van der Waals surface area contributed by atoms with Gasteiger partial charge in [0.15, 0.2) is 11.6 Å². The highest BCUT2D eigenvalue weighted by Gasteiger charge is 2.36. The molecule has 21 heavy (non-hydrogen) atoms. The Kier molecular flexibility index (Phi) is 5.62.